The van der Waals surface area contributed by atoms with Crippen LogP contribution in [0.15, 0.2) is 30.3 Å². The zero-order chi connectivity index (χ0) is 12.6. The molecule has 0 radical (unpaired) electrons. The van der Waals surface area contributed by atoms with Crippen LogP contribution in [0.4, 0.5) is 0 Å². The molecule has 0 N–H and O–H groups in total. The van der Waals surface area contributed by atoms with Crippen molar-refractivity contribution in [1.82, 2.24) is 0 Å². The van der Waals surface area contributed by atoms with Crippen molar-refractivity contribution in [3.8, 4) is 5.75 Å². The smallest absolute Gasteiger partial charge is 0.346 e. The Bertz CT molecular complexity index is 456. The molecule has 1 saturated carbocycles. The fourth-order valence-electron chi connectivity index (χ4n) is 2.98. The summed E-state index contributed by atoms with van der Waals surface area (Å²) in [6, 6.07) is 9.22. The van der Waals surface area contributed by atoms with E-state index in [0.717, 1.165) is 25.7 Å². The van der Waals surface area contributed by atoms with Gasteiger partial charge >= 0.3 is 5.97 Å². The summed E-state index contributed by atoms with van der Waals surface area (Å²) in [5.74, 6) is 0.372. The lowest BCUT2D eigenvalue weighted by Crippen LogP contribution is -2.35. The standard InChI is InChI=1S/C15H18O3/c1-14-10-6-3-7-11-15(14,18-14)13(16)17-12-8-4-2-5-9-12/h2,4-5,8-9H,3,6-7,10-11H2,1H3. The number of carbonyl (C=O) groups excluding carboxylic acids is 1. The van der Waals surface area contributed by atoms with Gasteiger partial charge in [0.1, 0.15) is 11.4 Å². The number of epoxide rings is 1. The minimum atomic E-state index is -0.681. The van der Waals surface area contributed by atoms with Crippen molar-refractivity contribution >= 4 is 5.97 Å². The average Bonchev–Trinajstić information content (AvgIpc) is 2.98. The molecule has 2 fully saturated rings. The number of carbonyl (C=O) groups is 1. The van der Waals surface area contributed by atoms with Gasteiger partial charge in [0.2, 0.25) is 0 Å². The van der Waals surface area contributed by atoms with Crippen LogP contribution in [0.1, 0.15) is 39.0 Å². The van der Waals surface area contributed by atoms with E-state index in [1.54, 1.807) is 12.1 Å². The van der Waals surface area contributed by atoms with E-state index in [2.05, 4.69) is 0 Å². The molecule has 18 heavy (non-hydrogen) atoms. The van der Waals surface area contributed by atoms with Gasteiger partial charge in [0, 0.05) is 0 Å². The first kappa shape index (κ1) is 11.7. The largest absolute Gasteiger partial charge is 0.424 e. The molecule has 3 nitrogen and oxygen atoms in total. The first-order chi connectivity index (χ1) is 8.66. The fourth-order valence-corrected chi connectivity index (χ4v) is 2.98. The number of para-hydroxylation sites is 1. The van der Waals surface area contributed by atoms with Crippen LogP contribution in [-0.2, 0) is 9.53 Å². The molecule has 0 amide bonds. The SMILES string of the molecule is CC12CCCCCC1(C(=O)Oc1ccccc1)O2. The van der Waals surface area contributed by atoms with Crippen LogP contribution in [0.25, 0.3) is 0 Å². The van der Waals surface area contributed by atoms with Gasteiger partial charge in [-0.2, -0.15) is 0 Å². The van der Waals surface area contributed by atoms with E-state index in [1.807, 2.05) is 25.1 Å². The van der Waals surface area contributed by atoms with Crippen molar-refractivity contribution in [2.75, 3.05) is 0 Å². The predicted octanol–water partition coefficient (Wildman–Crippen LogP) is 3.08. The van der Waals surface area contributed by atoms with E-state index in [1.165, 1.54) is 6.42 Å². The molecule has 1 saturated heterocycles. The molecule has 3 heteroatoms. The summed E-state index contributed by atoms with van der Waals surface area (Å²) < 4.78 is 11.2. The van der Waals surface area contributed by atoms with Gasteiger partial charge < -0.3 is 9.47 Å². The summed E-state index contributed by atoms with van der Waals surface area (Å²) >= 11 is 0. The third kappa shape index (κ3) is 1.74. The quantitative estimate of drug-likeness (QED) is 0.457. The fraction of sp³-hybridized carbons (Fsp3) is 0.533. The molecule has 1 aromatic rings. The van der Waals surface area contributed by atoms with Gasteiger partial charge in [-0.05, 0) is 38.3 Å². The summed E-state index contributed by atoms with van der Waals surface area (Å²) in [5.41, 5.74) is -0.977. The molecule has 1 heterocycles. The van der Waals surface area contributed by atoms with Crippen LogP contribution < -0.4 is 4.74 Å². The minimum Gasteiger partial charge on any atom is -0.424 e. The molecule has 1 aromatic carbocycles. The van der Waals surface area contributed by atoms with E-state index in [-0.39, 0.29) is 11.6 Å². The highest BCUT2D eigenvalue weighted by Gasteiger charge is 2.72. The van der Waals surface area contributed by atoms with Gasteiger partial charge in [-0.25, -0.2) is 4.79 Å². The maximum atomic E-state index is 12.3. The van der Waals surface area contributed by atoms with Crippen molar-refractivity contribution in [2.45, 2.75) is 50.2 Å². The number of fused-ring (bicyclic) bond motifs is 1. The Labute approximate surface area is 107 Å². The van der Waals surface area contributed by atoms with E-state index in [4.69, 9.17) is 9.47 Å². The van der Waals surface area contributed by atoms with E-state index in [9.17, 15) is 4.79 Å². The second-order valence-corrected chi connectivity index (χ2v) is 5.42. The van der Waals surface area contributed by atoms with E-state index < -0.39 is 5.60 Å². The van der Waals surface area contributed by atoms with Gasteiger partial charge in [0.15, 0.2) is 5.60 Å². The second-order valence-electron chi connectivity index (χ2n) is 5.42. The van der Waals surface area contributed by atoms with Crippen LogP contribution in [0.2, 0.25) is 0 Å². The number of rotatable bonds is 2. The van der Waals surface area contributed by atoms with Crippen LogP contribution in [0.5, 0.6) is 5.75 Å². The van der Waals surface area contributed by atoms with Crippen molar-refractivity contribution < 1.29 is 14.3 Å². The Morgan fingerprint density at radius 3 is 2.67 bits per heavy atom. The maximum Gasteiger partial charge on any atom is 0.346 e. The zero-order valence-electron chi connectivity index (χ0n) is 10.6. The molecule has 3 rings (SSSR count). The first-order valence-electron chi connectivity index (χ1n) is 6.64. The molecular formula is C15H18O3. The van der Waals surface area contributed by atoms with E-state index in [0.29, 0.717) is 5.75 Å². The Morgan fingerprint density at radius 1 is 1.17 bits per heavy atom. The molecule has 0 aromatic heterocycles. The third-order valence-corrected chi connectivity index (χ3v) is 4.18. The van der Waals surface area contributed by atoms with Crippen LogP contribution in [-0.4, -0.2) is 17.2 Å². The molecule has 96 valence electrons. The van der Waals surface area contributed by atoms with Gasteiger partial charge in [-0.3, -0.25) is 0 Å². The van der Waals surface area contributed by atoms with Crippen molar-refractivity contribution in [3.05, 3.63) is 30.3 Å². The highest BCUT2D eigenvalue weighted by atomic mass is 16.7. The van der Waals surface area contributed by atoms with Gasteiger partial charge in [-0.15, -0.1) is 0 Å². The summed E-state index contributed by atoms with van der Waals surface area (Å²) in [4.78, 5) is 12.3. The van der Waals surface area contributed by atoms with Gasteiger partial charge in [-0.1, -0.05) is 31.0 Å². The molecule has 2 atom stereocenters. The molecule has 0 spiro atoms. The Balaban J connectivity index is 1.77. The lowest BCUT2D eigenvalue weighted by molar-refractivity contribution is -0.140. The highest BCUT2D eigenvalue weighted by molar-refractivity contribution is 5.86. The molecule has 1 aliphatic heterocycles. The number of hydrogen-bond donors (Lipinski definition) is 0. The Morgan fingerprint density at radius 2 is 1.89 bits per heavy atom. The van der Waals surface area contributed by atoms with Crippen LogP contribution >= 0.6 is 0 Å². The molecule has 1 aliphatic carbocycles. The van der Waals surface area contributed by atoms with Gasteiger partial charge in [0.05, 0.1) is 0 Å². The Kier molecular flexibility index (Phi) is 2.67. The molecule has 0 bridgehead atoms. The molecule has 2 unspecified atom stereocenters. The normalized spacial score (nSPS) is 34.3. The topological polar surface area (TPSA) is 38.8 Å². The van der Waals surface area contributed by atoms with Crippen molar-refractivity contribution in [1.29, 1.82) is 0 Å². The zero-order valence-corrected chi connectivity index (χ0v) is 10.6. The van der Waals surface area contributed by atoms with Crippen LogP contribution in [0, 0.1) is 0 Å². The molecular weight excluding hydrogens is 228 g/mol. The van der Waals surface area contributed by atoms with Crippen LogP contribution in [0.3, 0.4) is 0 Å². The summed E-state index contributed by atoms with van der Waals surface area (Å²) in [6.07, 6.45) is 5.10. The van der Waals surface area contributed by atoms with Gasteiger partial charge in [0.25, 0.3) is 0 Å². The first-order valence-corrected chi connectivity index (χ1v) is 6.64. The number of benzene rings is 1. The number of hydrogen-bond acceptors (Lipinski definition) is 3. The van der Waals surface area contributed by atoms with Crippen molar-refractivity contribution in [3.63, 3.8) is 0 Å². The summed E-state index contributed by atoms with van der Waals surface area (Å²) in [6.45, 7) is 2.03. The molecule has 2 aliphatic rings. The van der Waals surface area contributed by atoms with Crippen molar-refractivity contribution in [2.24, 2.45) is 0 Å². The number of esters is 1. The maximum absolute atomic E-state index is 12.3. The second kappa shape index (κ2) is 4.09. The monoisotopic (exact) mass is 246 g/mol. The predicted molar refractivity (Wildman–Crippen MR) is 67.4 cm³/mol. The lowest BCUT2D eigenvalue weighted by Gasteiger charge is -2.13. The summed E-state index contributed by atoms with van der Waals surface area (Å²) in [5, 5.41) is 0. The summed E-state index contributed by atoms with van der Waals surface area (Å²) in [7, 11) is 0. The average molecular weight is 246 g/mol. The number of ether oxygens (including phenoxy) is 2. The minimum absolute atomic E-state index is 0.224. The highest BCUT2D eigenvalue weighted by Crippen LogP contribution is 2.56. The lowest BCUT2D eigenvalue weighted by atomic mass is 9.90. The van der Waals surface area contributed by atoms with E-state index >= 15 is 0 Å². The third-order valence-electron chi connectivity index (χ3n) is 4.18. The Hall–Kier alpha value is -1.35.